The first kappa shape index (κ1) is 13.8. The largest absolute Gasteiger partial charge is 0.323 e. The predicted octanol–water partition coefficient (Wildman–Crippen LogP) is 2.97. The maximum Gasteiger partial charge on any atom is 0.153 e. The van der Waals surface area contributed by atoms with Crippen molar-refractivity contribution in [3.05, 3.63) is 29.6 Å². The van der Waals surface area contributed by atoms with Crippen molar-refractivity contribution < 1.29 is 8.78 Å². The molecule has 1 atom stereocenters. The van der Waals surface area contributed by atoms with Crippen LogP contribution in [0.1, 0.15) is 18.3 Å². The molecule has 0 saturated carbocycles. The lowest BCUT2D eigenvalue weighted by atomic mass is 10.2. The summed E-state index contributed by atoms with van der Waals surface area (Å²) < 4.78 is 29.4. The molecule has 2 aromatic rings. The van der Waals surface area contributed by atoms with Crippen molar-refractivity contribution >= 4 is 22.6 Å². The van der Waals surface area contributed by atoms with Crippen molar-refractivity contribution in [3.8, 4) is 0 Å². The molecule has 6 heteroatoms. The second-order valence-corrected chi connectivity index (χ2v) is 5.68. The van der Waals surface area contributed by atoms with Crippen LogP contribution in [0.3, 0.4) is 0 Å². The normalized spacial score (nSPS) is 20.1. The summed E-state index contributed by atoms with van der Waals surface area (Å²) in [4.78, 5) is 6.54. The van der Waals surface area contributed by atoms with E-state index >= 15 is 0 Å². The molecule has 108 valence electrons. The van der Waals surface area contributed by atoms with Gasteiger partial charge in [0, 0.05) is 31.0 Å². The van der Waals surface area contributed by atoms with Crippen LogP contribution in [-0.2, 0) is 6.42 Å². The fourth-order valence-corrected chi connectivity index (χ4v) is 3.13. The molecule has 20 heavy (non-hydrogen) atoms. The summed E-state index contributed by atoms with van der Waals surface area (Å²) in [6.45, 7) is 1.83. The molecule has 1 aliphatic rings. The summed E-state index contributed by atoms with van der Waals surface area (Å²) in [6, 6.07) is 2.44. The molecule has 0 amide bonds. The minimum Gasteiger partial charge on any atom is -0.323 e. The van der Waals surface area contributed by atoms with E-state index in [2.05, 4.69) is 9.88 Å². The minimum atomic E-state index is -0.610. The van der Waals surface area contributed by atoms with Crippen LogP contribution in [0, 0.1) is 11.6 Å². The van der Waals surface area contributed by atoms with Crippen LogP contribution in [0.2, 0.25) is 0 Å². The lowest BCUT2D eigenvalue weighted by Gasteiger charge is -2.16. The van der Waals surface area contributed by atoms with Gasteiger partial charge < -0.3 is 9.47 Å². The van der Waals surface area contributed by atoms with Crippen molar-refractivity contribution in [3.63, 3.8) is 0 Å². The molecule has 0 N–H and O–H groups in total. The number of aromatic nitrogens is 2. The summed E-state index contributed by atoms with van der Waals surface area (Å²) in [5.41, 5.74) is 0.768. The van der Waals surface area contributed by atoms with Crippen molar-refractivity contribution in [2.45, 2.75) is 18.9 Å². The molecule has 1 aromatic carbocycles. The third-order valence-electron chi connectivity index (χ3n) is 3.84. The molecule has 1 unspecified atom stereocenters. The van der Waals surface area contributed by atoms with Crippen molar-refractivity contribution in [1.82, 2.24) is 14.5 Å². The number of imidazole rings is 1. The van der Waals surface area contributed by atoms with Gasteiger partial charge in [0.2, 0.25) is 0 Å². The monoisotopic (exact) mass is 299 g/mol. The molecule has 0 aliphatic carbocycles. The zero-order valence-corrected chi connectivity index (χ0v) is 12.0. The Morgan fingerprint density at radius 2 is 2.20 bits per heavy atom. The Hall–Kier alpha value is -1.20. The van der Waals surface area contributed by atoms with Crippen LogP contribution in [0.4, 0.5) is 8.78 Å². The summed E-state index contributed by atoms with van der Waals surface area (Å²) in [5.74, 6) is -0.0312. The van der Waals surface area contributed by atoms with Gasteiger partial charge in [-0.3, -0.25) is 0 Å². The van der Waals surface area contributed by atoms with Crippen LogP contribution in [0.15, 0.2) is 12.1 Å². The summed E-state index contributed by atoms with van der Waals surface area (Å²) in [5, 5.41) is 0. The lowest BCUT2D eigenvalue weighted by molar-refractivity contribution is 0.392. The second-order valence-electron chi connectivity index (χ2n) is 5.30. The van der Waals surface area contributed by atoms with Crippen molar-refractivity contribution in [1.29, 1.82) is 0 Å². The number of hydrogen-bond donors (Lipinski definition) is 0. The Morgan fingerprint density at radius 3 is 2.85 bits per heavy atom. The summed E-state index contributed by atoms with van der Waals surface area (Å²) >= 11 is 5.81. The number of alkyl halides is 1. The third-order valence-corrected chi connectivity index (χ3v) is 4.03. The SMILES string of the molecule is CN1CCC(n2c(CCCl)nc3c(F)cc(F)cc32)C1. The van der Waals surface area contributed by atoms with Gasteiger partial charge in [0.1, 0.15) is 17.2 Å². The van der Waals surface area contributed by atoms with E-state index in [1.54, 1.807) is 0 Å². The van der Waals surface area contributed by atoms with E-state index in [1.165, 1.54) is 6.07 Å². The molecule has 3 rings (SSSR count). The molecular weight excluding hydrogens is 284 g/mol. The van der Waals surface area contributed by atoms with Gasteiger partial charge in [-0.25, -0.2) is 13.8 Å². The van der Waals surface area contributed by atoms with E-state index in [0.29, 0.717) is 17.8 Å². The maximum atomic E-state index is 13.9. The van der Waals surface area contributed by atoms with Gasteiger partial charge in [-0.2, -0.15) is 0 Å². The highest BCUT2D eigenvalue weighted by molar-refractivity contribution is 6.17. The Balaban J connectivity index is 2.18. The summed E-state index contributed by atoms with van der Waals surface area (Å²) in [6.07, 6.45) is 1.51. The lowest BCUT2D eigenvalue weighted by Crippen LogP contribution is -2.18. The van der Waals surface area contributed by atoms with E-state index < -0.39 is 11.6 Å². The van der Waals surface area contributed by atoms with Gasteiger partial charge in [-0.05, 0) is 26.1 Å². The summed E-state index contributed by atoms with van der Waals surface area (Å²) in [7, 11) is 2.04. The first-order valence-electron chi connectivity index (χ1n) is 6.70. The molecule has 1 saturated heterocycles. The molecule has 0 radical (unpaired) electrons. The van der Waals surface area contributed by atoms with Crippen molar-refractivity contribution in [2.75, 3.05) is 26.0 Å². The van der Waals surface area contributed by atoms with Crippen molar-refractivity contribution in [2.24, 2.45) is 0 Å². The highest BCUT2D eigenvalue weighted by Gasteiger charge is 2.26. The average molecular weight is 300 g/mol. The fraction of sp³-hybridized carbons (Fsp3) is 0.500. The van der Waals surface area contributed by atoms with Gasteiger partial charge in [-0.1, -0.05) is 0 Å². The molecule has 1 aliphatic heterocycles. The third kappa shape index (κ3) is 2.29. The van der Waals surface area contributed by atoms with E-state index in [4.69, 9.17) is 11.6 Å². The number of halogens is 3. The Kier molecular flexibility index (Phi) is 3.65. The topological polar surface area (TPSA) is 21.1 Å². The van der Waals surface area contributed by atoms with Crippen LogP contribution < -0.4 is 0 Å². The number of likely N-dealkylation sites (N-methyl/N-ethyl adjacent to an activating group) is 1. The molecular formula is C14H16ClF2N3. The molecule has 3 nitrogen and oxygen atoms in total. The smallest absolute Gasteiger partial charge is 0.153 e. The number of likely N-dealkylation sites (tertiary alicyclic amines) is 1. The van der Waals surface area contributed by atoms with E-state index in [9.17, 15) is 8.78 Å². The van der Waals surface area contributed by atoms with E-state index in [1.807, 2.05) is 11.6 Å². The quantitative estimate of drug-likeness (QED) is 0.813. The fourth-order valence-electron chi connectivity index (χ4n) is 2.96. The van der Waals surface area contributed by atoms with Crippen LogP contribution >= 0.6 is 11.6 Å². The second kappa shape index (κ2) is 5.30. The average Bonchev–Trinajstić information content (AvgIpc) is 2.93. The minimum absolute atomic E-state index is 0.199. The first-order valence-corrected chi connectivity index (χ1v) is 7.24. The molecule has 0 spiro atoms. The van der Waals surface area contributed by atoms with Gasteiger partial charge in [0.05, 0.1) is 5.52 Å². The number of fused-ring (bicyclic) bond motifs is 1. The molecule has 0 bridgehead atoms. The number of nitrogens with zero attached hydrogens (tertiary/aromatic N) is 3. The van der Waals surface area contributed by atoms with Gasteiger partial charge >= 0.3 is 0 Å². The van der Waals surface area contributed by atoms with Gasteiger partial charge in [-0.15, -0.1) is 11.6 Å². The van der Waals surface area contributed by atoms with E-state index in [-0.39, 0.29) is 11.6 Å². The maximum absolute atomic E-state index is 13.9. The number of aryl methyl sites for hydroxylation is 1. The number of rotatable bonds is 3. The van der Waals surface area contributed by atoms with Gasteiger partial charge in [0.25, 0.3) is 0 Å². The van der Waals surface area contributed by atoms with Gasteiger partial charge in [0.15, 0.2) is 5.82 Å². The zero-order valence-electron chi connectivity index (χ0n) is 11.2. The Labute approximate surface area is 121 Å². The number of hydrogen-bond acceptors (Lipinski definition) is 2. The Bertz CT molecular complexity index is 641. The molecule has 1 fully saturated rings. The standard InChI is InChI=1S/C14H16ClF2N3/c1-19-5-3-10(8-19)20-12-7-9(16)6-11(17)14(12)18-13(20)2-4-15/h6-7,10H,2-5,8H2,1H3. The highest BCUT2D eigenvalue weighted by Crippen LogP contribution is 2.29. The Morgan fingerprint density at radius 1 is 1.40 bits per heavy atom. The zero-order chi connectivity index (χ0) is 14.3. The molecule has 2 heterocycles. The van der Waals surface area contributed by atoms with Crippen LogP contribution in [0.25, 0.3) is 11.0 Å². The van der Waals surface area contributed by atoms with Crippen LogP contribution in [0.5, 0.6) is 0 Å². The van der Waals surface area contributed by atoms with E-state index in [0.717, 1.165) is 31.4 Å². The van der Waals surface area contributed by atoms with Crippen LogP contribution in [-0.4, -0.2) is 40.5 Å². The first-order chi connectivity index (χ1) is 9.60. The molecule has 1 aromatic heterocycles. The highest BCUT2D eigenvalue weighted by atomic mass is 35.5. The number of benzene rings is 1. The predicted molar refractivity (Wildman–Crippen MR) is 75.2 cm³/mol.